The van der Waals surface area contributed by atoms with Gasteiger partial charge in [-0.15, -0.1) is 0 Å². The number of nitro groups is 1. The highest BCUT2D eigenvalue weighted by Crippen LogP contribution is 2.30. The minimum Gasteiger partial charge on any atom is -0.452 e. The van der Waals surface area contributed by atoms with Crippen molar-refractivity contribution in [2.45, 2.75) is 20.8 Å². The minimum absolute atomic E-state index is 0.0747. The van der Waals surface area contributed by atoms with Crippen molar-refractivity contribution in [2.24, 2.45) is 0 Å². The van der Waals surface area contributed by atoms with Crippen LogP contribution in [0.4, 0.5) is 17.1 Å². The van der Waals surface area contributed by atoms with Gasteiger partial charge in [0.1, 0.15) is 5.69 Å². The highest BCUT2D eigenvalue weighted by molar-refractivity contribution is 5.98. The molecule has 0 unspecified atom stereocenters. The molecule has 0 heterocycles. The number of carbonyl (C=O) groups excluding carboxylic acids is 3. The van der Waals surface area contributed by atoms with Gasteiger partial charge in [0.25, 0.3) is 11.6 Å². The number of nitro benzene ring substituents is 1. The Labute approximate surface area is 160 Å². The molecule has 2 aromatic rings. The summed E-state index contributed by atoms with van der Waals surface area (Å²) in [6.45, 7) is 4.18. The molecule has 0 aromatic heterocycles. The molecule has 28 heavy (non-hydrogen) atoms. The van der Waals surface area contributed by atoms with Crippen molar-refractivity contribution in [3.05, 3.63) is 63.2 Å². The largest absolute Gasteiger partial charge is 0.452 e. The summed E-state index contributed by atoms with van der Waals surface area (Å²) in [5, 5.41) is 16.2. The molecule has 0 saturated carbocycles. The lowest BCUT2D eigenvalue weighted by atomic mass is 10.1. The lowest BCUT2D eigenvalue weighted by molar-refractivity contribution is -0.384. The van der Waals surface area contributed by atoms with Crippen molar-refractivity contribution in [1.82, 2.24) is 0 Å². The maximum absolute atomic E-state index is 12.1. The molecule has 2 rings (SSSR count). The Morgan fingerprint density at radius 2 is 1.68 bits per heavy atom. The second kappa shape index (κ2) is 8.76. The zero-order chi connectivity index (χ0) is 20.8. The van der Waals surface area contributed by atoms with E-state index in [1.165, 1.54) is 37.3 Å². The van der Waals surface area contributed by atoms with Crippen molar-refractivity contribution >= 4 is 34.8 Å². The topological polar surface area (TPSA) is 128 Å². The molecular formula is C19H19N3O6. The molecule has 9 nitrogen and oxygen atoms in total. The molecule has 2 N–H and O–H groups in total. The van der Waals surface area contributed by atoms with Gasteiger partial charge in [0.2, 0.25) is 5.91 Å². The summed E-state index contributed by atoms with van der Waals surface area (Å²) in [6, 6.07) is 8.84. The van der Waals surface area contributed by atoms with Crippen LogP contribution in [0.2, 0.25) is 0 Å². The van der Waals surface area contributed by atoms with Crippen LogP contribution in [0, 0.1) is 24.0 Å². The number of carbonyl (C=O) groups is 3. The van der Waals surface area contributed by atoms with Crippen LogP contribution in [0.15, 0.2) is 36.4 Å². The molecule has 2 amide bonds. The average molecular weight is 385 g/mol. The van der Waals surface area contributed by atoms with Crippen LogP contribution in [0.1, 0.15) is 28.4 Å². The number of hydrogen-bond donors (Lipinski definition) is 2. The molecule has 0 aliphatic carbocycles. The van der Waals surface area contributed by atoms with E-state index in [1.807, 2.05) is 0 Å². The van der Waals surface area contributed by atoms with Gasteiger partial charge in [-0.1, -0.05) is 6.07 Å². The molecule has 0 aliphatic heterocycles. The van der Waals surface area contributed by atoms with E-state index in [2.05, 4.69) is 10.6 Å². The third-order valence-corrected chi connectivity index (χ3v) is 3.95. The highest BCUT2D eigenvalue weighted by atomic mass is 16.6. The maximum Gasteiger partial charge on any atom is 0.338 e. The number of anilines is 2. The summed E-state index contributed by atoms with van der Waals surface area (Å²) in [4.78, 5) is 45.7. The molecular weight excluding hydrogens is 366 g/mol. The van der Waals surface area contributed by atoms with E-state index in [0.717, 1.165) is 5.56 Å². The van der Waals surface area contributed by atoms with Crippen molar-refractivity contribution in [1.29, 1.82) is 0 Å². The van der Waals surface area contributed by atoms with Crippen LogP contribution in [0.25, 0.3) is 0 Å². The number of amides is 2. The fourth-order valence-electron chi connectivity index (χ4n) is 2.39. The molecule has 9 heteroatoms. The van der Waals surface area contributed by atoms with Crippen molar-refractivity contribution in [3.8, 4) is 0 Å². The number of ether oxygens (including phenoxy) is 1. The molecule has 2 aromatic carbocycles. The second-order valence-electron chi connectivity index (χ2n) is 6.04. The summed E-state index contributed by atoms with van der Waals surface area (Å²) in [7, 11) is 0. The molecule has 0 spiro atoms. The van der Waals surface area contributed by atoms with Crippen LogP contribution >= 0.6 is 0 Å². The van der Waals surface area contributed by atoms with Gasteiger partial charge in [0.15, 0.2) is 6.61 Å². The molecule has 0 saturated heterocycles. The van der Waals surface area contributed by atoms with E-state index in [0.29, 0.717) is 11.3 Å². The van der Waals surface area contributed by atoms with Crippen LogP contribution in [0.3, 0.4) is 0 Å². The Balaban J connectivity index is 2.01. The first-order valence-electron chi connectivity index (χ1n) is 8.28. The summed E-state index contributed by atoms with van der Waals surface area (Å²) in [5.74, 6) is -1.67. The zero-order valence-corrected chi connectivity index (χ0v) is 15.6. The van der Waals surface area contributed by atoms with Gasteiger partial charge >= 0.3 is 5.97 Å². The average Bonchev–Trinajstić information content (AvgIpc) is 2.63. The fourth-order valence-corrected chi connectivity index (χ4v) is 2.39. The van der Waals surface area contributed by atoms with E-state index in [9.17, 15) is 24.5 Å². The molecule has 0 aliphatic rings. The number of nitrogens with one attached hydrogen (secondary N) is 2. The Kier molecular flexibility index (Phi) is 6.43. The Morgan fingerprint density at radius 3 is 2.25 bits per heavy atom. The molecule has 0 radical (unpaired) electrons. The van der Waals surface area contributed by atoms with Crippen LogP contribution in [-0.2, 0) is 14.3 Å². The standard InChI is InChI=1S/C19H19N3O6/c1-11-4-9-16(22(26)27)18(12(11)2)21-17(24)10-28-19(25)14-5-7-15(8-6-14)20-13(3)23/h4-9H,10H2,1-3H3,(H,20,23)(H,21,24). The SMILES string of the molecule is CC(=O)Nc1ccc(C(=O)OCC(=O)Nc2c([N+](=O)[O-])ccc(C)c2C)cc1. The Morgan fingerprint density at radius 1 is 1.04 bits per heavy atom. The molecule has 0 fully saturated rings. The van der Waals surface area contributed by atoms with Gasteiger partial charge in [-0.05, 0) is 49.2 Å². The smallest absolute Gasteiger partial charge is 0.338 e. The van der Waals surface area contributed by atoms with Crippen LogP contribution in [0.5, 0.6) is 0 Å². The van der Waals surface area contributed by atoms with Gasteiger partial charge in [-0.2, -0.15) is 0 Å². The quantitative estimate of drug-likeness (QED) is 0.447. The van der Waals surface area contributed by atoms with E-state index in [4.69, 9.17) is 4.74 Å². The normalized spacial score (nSPS) is 10.1. The van der Waals surface area contributed by atoms with Gasteiger partial charge in [-0.25, -0.2) is 4.79 Å². The Hall–Kier alpha value is -3.75. The highest BCUT2D eigenvalue weighted by Gasteiger charge is 2.20. The van der Waals surface area contributed by atoms with Crippen LogP contribution in [-0.4, -0.2) is 29.3 Å². The first-order valence-corrected chi connectivity index (χ1v) is 8.28. The van der Waals surface area contributed by atoms with E-state index in [1.54, 1.807) is 19.9 Å². The minimum atomic E-state index is -0.736. The molecule has 0 atom stereocenters. The Bertz CT molecular complexity index is 937. The van der Waals surface area contributed by atoms with Crippen molar-refractivity contribution < 1.29 is 24.0 Å². The molecule has 0 bridgehead atoms. The third kappa shape index (κ3) is 5.13. The van der Waals surface area contributed by atoms with Gasteiger partial charge < -0.3 is 15.4 Å². The monoisotopic (exact) mass is 385 g/mol. The number of nitrogens with zero attached hydrogens (tertiary/aromatic N) is 1. The number of rotatable bonds is 6. The number of benzene rings is 2. The zero-order valence-electron chi connectivity index (χ0n) is 15.6. The predicted octanol–water partition coefficient (Wildman–Crippen LogP) is 2.97. The fraction of sp³-hybridized carbons (Fsp3) is 0.211. The summed E-state index contributed by atoms with van der Waals surface area (Å²) in [6.07, 6.45) is 0. The molecule has 146 valence electrons. The van der Waals surface area contributed by atoms with Gasteiger partial charge in [0, 0.05) is 18.7 Å². The lowest BCUT2D eigenvalue weighted by Gasteiger charge is -2.11. The third-order valence-electron chi connectivity index (χ3n) is 3.95. The summed E-state index contributed by atoms with van der Waals surface area (Å²) < 4.78 is 4.95. The number of hydrogen-bond acceptors (Lipinski definition) is 6. The lowest BCUT2D eigenvalue weighted by Crippen LogP contribution is -2.22. The van der Waals surface area contributed by atoms with E-state index >= 15 is 0 Å². The van der Waals surface area contributed by atoms with Crippen molar-refractivity contribution in [2.75, 3.05) is 17.2 Å². The van der Waals surface area contributed by atoms with E-state index < -0.39 is 23.4 Å². The summed E-state index contributed by atoms with van der Waals surface area (Å²) in [5.41, 5.74) is 1.88. The van der Waals surface area contributed by atoms with E-state index in [-0.39, 0.29) is 22.8 Å². The van der Waals surface area contributed by atoms with Gasteiger partial charge in [-0.3, -0.25) is 19.7 Å². The second-order valence-corrected chi connectivity index (χ2v) is 6.04. The first-order chi connectivity index (χ1) is 13.2. The van der Waals surface area contributed by atoms with Gasteiger partial charge in [0.05, 0.1) is 10.5 Å². The van der Waals surface area contributed by atoms with Crippen LogP contribution < -0.4 is 10.6 Å². The number of aryl methyl sites for hydroxylation is 1. The van der Waals surface area contributed by atoms with Crippen molar-refractivity contribution in [3.63, 3.8) is 0 Å². The number of esters is 1. The predicted molar refractivity (Wildman–Crippen MR) is 102 cm³/mol. The summed E-state index contributed by atoms with van der Waals surface area (Å²) >= 11 is 0. The first kappa shape index (κ1) is 20.6. The maximum atomic E-state index is 12.1.